The first-order valence-corrected chi connectivity index (χ1v) is 10.9. The summed E-state index contributed by atoms with van der Waals surface area (Å²) in [5, 5.41) is 17.3. The average molecular weight is 464 g/mol. The van der Waals surface area contributed by atoms with Crippen LogP contribution in [-0.4, -0.2) is 46.4 Å². The van der Waals surface area contributed by atoms with Crippen molar-refractivity contribution in [2.75, 3.05) is 11.4 Å². The first-order valence-electron chi connectivity index (χ1n) is 10.1. The Balaban J connectivity index is 1.58. The topological polar surface area (TPSA) is 109 Å². The quantitative estimate of drug-likeness (QED) is 0.467. The van der Waals surface area contributed by atoms with Crippen molar-refractivity contribution in [3.8, 4) is 11.5 Å². The number of hydrogen-bond donors (Lipinski definition) is 2. The van der Waals surface area contributed by atoms with E-state index in [9.17, 15) is 18.3 Å². The highest BCUT2D eigenvalue weighted by Crippen LogP contribution is 2.36. The maximum atomic E-state index is 13.2. The van der Waals surface area contributed by atoms with Crippen molar-refractivity contribution in [3.63, 3.8) is 0 Å². The molecule has 4 aromatic rings. The first kappa shape index (κ1) is 20.8. The lowest BCUT2D eigenvalue weighted by atomic mass is 10.2. The van der Waals surface area contributed by atoms with E-state index >= 15 is 0 Å². The summed E-state index contributed by atoms with van der Waals surface area (Å²) >= 11 is 1.57. The Bertz CT molecular complexity index is 1280. The third-order valence-electron chi connectivity index (χ3n) is 5.25. The van der Waals surface area contributed by atoms with E-state index < -0.39 is 12.0 Å². The van der Waals surface area contributed by atoms with Gasteiger partial charge in [0.05, 0.1) is 18.1 Å². The minimum atomic E-state index is -4.55. The molecule has 1 aliphatic heterocycles. The van der Waals surface area contributed by atoms with E-state index in [4.69, 9.17) is 4.98 Å². The molecule has 9 nitrogen and oxygen atoms in total. The number of rotatable bonds is 5. The molecule has 0 unspecified atom stereocenters. The maximum absolute atomic E-state index is 13.2. The summed E-state index contributed by atoms with van der Waals surface area (Å²) in [6.07, 6.45) is -1.11. The lowest BCUT2D eigenvalue weighted by Crippen LogP contribution is -2.36. The number of H-pyrrole nitrogens is 1. The highest BCUT2D eigenvalue weighted by Gasteiger charge is 2.39. The molecule has 13 heteroatoms. The largest absolute Gasteiger partial charge is 0.451 e. The van der Waals surface area contributed by atoms with E-state index in [0.29, 0.717) is 29.7 Å². The molecule has 5 heterocycles. The van der Waals surface area contributed by atoms with Crippen LogP contribution in [0, 0.1) is 0 Å². The number of nitrogens with zero attached hydrogens (tertiary/aromatic N) is 7. The number of nitrogens with one attached hydrogen (secondary N) is 1. The van der Waals surface area contributed by atoms with Crippen molar-refractivity contribution in [1.82, 2.24) is 34.7 Å². The number of aliphatic hydroxyl groups is 1. The molecule has 0 atom stereocenters. The average Bonchev–Trinajstić information content (AvgIpc) is 3.49. The zero-order valence-electron chi connectivity index (χ0n) is 17.0. The molecule has 0 fully saturated rings. The van der Waals surface area contributed by atoms with E-state index in [2.05, 4.69) is 38.1 Å². The van der Waals surface area contributed by atoms with Gasteiger partial charge in [-0.25, -0.2) is 15.0 Å². The molecule has 0 aromatic carbocycles. The van der Waals surface area contributed by atoms with Crippen molar-refractivity contribution in [2.45, 2.75) is 45.6 Å². The van der Waals surface area contributed by atoms with Crippen LogP contribution in [0.1, 0.15) is 35.7 Å². The van der Waals surface area contributed by atoms with Crippen LogP contribution in [0.3, 0.4) is 0 Å². The Morgan fingerprint density at radius 1 is 1.22 bits per heavy atom. The van der Waals surface area contributed by atoms with Gasteiger partial charge in [0.25, 0.3) is 0 Å². The molecule has 0 amide bonds. The summed E-state index contributed by atoms with van der Waals surface area (Å²) < 4.78 is 40.7. The zero-order chi connectivity index (χ0) is 22.5. The molecule has 0 saturated heterocycles. The second-order valence-corrected chi connectivity index (χ2v) is 8.58. The van der Waals surface area contributed by atoms with Gasteiger partial charge in [0.15, 0.2) is 11.6 Å². The van der Waals surface area contributed by atoms with Gasteiger partial charge in [-0.2, -0.15) is 13.2 Å². The van der Waals surface area contributed by atoms with Gasteiger partial charge in [-0.3, -0.25) is 0 Å². The molecule has 5 rings (SSSR count). The summed E-state index contributed by atoms with van der Waals surface area (Å²) in [5.41, 5.74) is 0.558. The molecule has 0 radical (unpaired) electrons. The van der Waals surface area contributed by atoms with Gasteiger partial charge in [-0.15, -0.1) is 21.5 Å². The van der Waals surface area contributed by atoms with Crippen LogP contribution in [-0.2, 0) is 32.3 Å². The number of hydrogen-bond acceptors (Lipinski definition) is 8. The molecule has 0 aliphatic carbocycles. The molecule has 2 N–H and O–H groups in total. The summed E-state index contributed by atoms with van der Waals surface area (Å²) in [6.45, 7) is 2.43. The Morgan fingerprint density at radius 3 is 2.78 bits per heavy atom. The van der Waals surface area contributed by atoms with Gasteiger partial charge in [0, 0.05) is 18.0 Å². The number of aryl methyl sites for hydroxylation is 1. The van der Waals surface area contributed by atoms with E-state index in [1.165, 1.54) is 0 Å². The number of anilines is 1. The summed E-state index contributed by atoms with van der Waals surface area (Å²) in [5.74, 6) is 0.702. The fourth-order valence-corrected chi connectivity index (χ4v) is 4.92. The van der Waals surface area contributed by atoms with E-state index in [-0.39, 0.29) is 25.5 Å². The summed E-state index contributed by atoms with van der Waals surface area (Å²) in [6, 6.07) is 2.05. The van der Waals surface area contributed by atoms with Gasteiger partial charge < -0.3 is 19.6 Å². The van der Waals surface area contributed by atoms with Gasteiger partial charge in [-0.05, 0) is 12.5 Å². The Hall–Kier alpha value is -3.06. The third-order valence-corrected chi connectivity index (χ3v) is 6.33. The van der Waals surface area contributed by atoms with Crippen LogP contribution in [0.2, 0.25) is 0 Å². The summed E-state index contributed by atoms with van der Waals surface area (Å²) in [7, 11) is 0. The predicted molar refractivity (Wildman–Crippen MR) is 111 cm³/mol. The molecule has 1 aliphatic rings. The Labute approximate surface area is 184 Å². The van der Waals surface area contributed by atoms with Crippen LogP contribution in [0.5, 0.6) is 0 Å². The van der Waals surface area contributed by atoms with Crippen molar-refractivity contribution in [2.24, 2.45) is 0 Å². The van der Waals surface area contributed by atoms with E-state index in [1.54, 1.807) is 17.5 Å². The maximum Gasteiger partial charge on any atom is 0.451 e. The molecule has 0 bridgehead atoms. The van der Waals surface area contributed by atoms with Crippen LogP contribution in [0.25, 0.3) is 21.7 Å². The van der Waals surface area contributed by atoms with E-state index in [1.807, 2.05) is 4.90 Å². The smallest absolute Gasteiger partial charge is 0.388 e. The Kier molecular flexibility index (Phi) is 5.08. The molecular formula is C19H19F3N8OS. The second-order valence-electron chi connectivity index (χ2n) is 7.46. The van der Waals surface area contributed by atoms with Gasteiger partial charge in [-0.1, -0.05) is 13.3 Å². The van der Waals surface area contributed by atoms with Crippen LogP contribution < -0.4 is 4.90 Å². The van der Waals surface area contributed by atoms with Crippen LogP contribution >= 0.6 is 11.3 Å². The molecule has 168 valence electrons. The summed E-state index contributed by atoms with van der Waals surface area (Å²) in [4.78, 5) is 20.4. The van der Waals surface area contributed by atoms with Crippen LogP contribution in [0.15, 0.2) is 12.3 Å². The van der Waals surface area contributed by atoms with Gasteiger partial charge in [0.1, 0.15) is 28.8 Å². The fourth-order valence-electron chi connectivity index (χ4n) is 3.79. The normalized spacial score (nSPS) is 14.3. The first-order chi connectivity index (χ1) is 15.4. The number of aliphatic hydroxyl groups excluding tert-OH is 1. The molecule has 4 aromatic heterocycles. The Morgan fingerprint density at radius 2 is 2.06 bits per heavy atom. The van der Waals surface area contributed by atoms with Crippen molar-refractivity contribution in [1.29, 1.82) is 0 Å². The zero-order valence-corrected chi connectivity index (χ0v) is 17.8. The SMILES string of the molecule is CCCc1cc2c(N3CCn4c(nnc4C(F)(F)F)C3)nc(-c3cnc(CO)[nH]3)nc2s1. The molecular weight excluding hydrogens is 445 g/mol. The standard InChI is InChI=1S/C19H19F3N8OS/c1-2-3-10-6-11-16(25-15(26-17(11)32-10)12-7-23-13(9-31)24-12)29-4-5-30-14(8-29)27-28-18(30)19(20,21)22/h6-7,31H,2-5,8-9H2,1H3,(H,23,24). The minimum absolute atomic E-state index is 0.0999. The van der Waals surface area contributed by atoms with Gasteiger partial charge >= 0.3 is 6.18 Å². The second kappa shape index (κ2) is 7.81. The van der Waals surface area contributed by atoms with Crippen LogP contribution in [0.4, 0.5) is 19.0 Å². The fraction of sp³-hybridized carbons (Fsp3) is 0.421. The molecule has 32 heavy (non-hydrogen) atoms. The monoisotopic (exact) mass is 464 g/mol. The highest BCUT2D eigenvalue weighted by atomic mass is 32.1. The van der Waals surface area contributed by atoms with Crippen molar-refractivity contribution in [3.05, 3.63) is 34.6 Å². The molecule has 0 saturated carbocycles. The number of alkyl halides is 3. The molecule has 0 spiro atoms. The number of fused-ring (bicyclic) bond motifs is 2. The number of thiophene rings is 1. The van der Waals surface area contributed by atoms with Crippen molar-refractivity contribution < 1.29 is 18.3 Å². The number of imidazole rings is 1. The van der Waals surface area contributed by atoms with E-state index in [0.717, 1.165) is 32.5 Å². The lowest BCUT2D eigenvalue weighted by molar-refractivity contribution is -0.147. The number of aromatic nitrogens is 7. The third kappa shape index (κ3) is 3.60. The predicted octanol–water partition coefficient (Wildman–Crippen LogP) is 3.16. The number of aromatic amines is 1. The highest BCUT2D eigenvalue weighted by molar-refractivity contribution is 7.18. The lowest BCUT2D eigenvalue weighted by Gasteiger charge is -2.29. The minimum Gasteiger partial charge on any atom is -0.388 e. The van der Waals surface area contributed by atoms with Crippen molar-refractivity contribution >= 4 is 27.4 Å². The van der Waals surface area contributed by atoms with Gasteiger partial charge in [0.2, 0.25) is 5.82 Å². The number of halogens is 3.